The molecule has 0 aliphatic heterocycles. The third-order valence-corrected chi connectivity index (χ3v) is 5.87. The Labute approximate surface area is 137 Å². The highest BCUT2D eigenvalue weighted by atomic mass is 32.2. The molecule has 3 N–H and O–H groups in total. The summed E-state index contributed by atoms with van der Waals surface area (Å²) < 4.78 is 28.8. The molecule has 1 aromatic carbocycles. The standard InChI is InChI=1S/C16H24N2O4S/c1-5-22-13-10-16(17,15(13,2)3)14(19)18-11-7-6-8-12(9-11)23(4,20)21/h6-9,13H,5,10,17H2,1-4H3,(H,18,19). The van der Waals surface area contributed by atoms with Crippen molar-refractivity contribution in [3.05, 3.63) is 24.3 Å². The molecule has 1 aliphatic rings. The summed E-state index contributed by atoms with van der Waals surface area (Å²) in [7, 11) is -3.33. The fraction of sp³-hybridized carbons (Fsp3) is 0.562. The van der Waals surface area contributed by atoms with E-state index in [9.17, 15) is 13.2 Å². The molecule has 2 rings (SSSR count). The minimum Gasteiger partial charge on any atom is -0.378 e. The molecule has 1 aliphatic carbocycles. The Morgan fingerprint density at radius 2 is 2.09 bits per heavy atom. The third kappa shape index (κ3) is 3.13. The number of nitrogens with one attached hydrogen (secondary N) is 1. The summed E-state index contributed by atoms with van der Waals surface area (Å²) in [6.45, 7) is 6.29. The van der Waals surface area contributed by atoms with Crippen molar-refractivity contribution in [3.8, 4) is 0 Å². The molecule has 1 saturated carbocycles. The zero-order valence-corrected chi connectivity index (χ0v) is 14.7. The van der Waals surface area contributed by atoms with E-state index in [0.717, 1.165) is 6.26 Å². The van der Waals surface area contributed by atoms with E-state index in [0.29, 0.717) is 18.7 Å². The van der Waals surface area contributed by atoms with Gasteiger partial charge in [0.05, 0.1) is 11.0 Å². The van der Waals surface area contributed by atoms with Gasteiger partial charge in [0.2, 0.25) is 5.91 Å². The highest BCUT2D eigenvalue weighted by Gasteiger charge is 2.62. The lowest BCUT2D eigenvalue weighted by molar-refractivity contribution is -0.166. The van der Waals surface area contributed by atoms with Gasteiger partial charge in [-0.1, -0.05) is 19.9 Å². The minimum absolute atomic E-state index is 0.0643. The van der Waals surface area contributed by atoms with Gasteiger partial charge in [0.1, 0.15) is 5.54 Å². The molecule has 7 heteroatoms. The lowest BCUT2D eigenvalue weighted by Gasteiger charge is -2.57. The van der Waals surface area contributed by atoms with Crippen LogP contribution in [0.3, 0.4) is 0 Å². The van der Waals surface area contributed by atoms with Gasteiger partial charge in [-0.3, -0.25) is 4.79 Å². The van der Waals surface area contributed by atoms with Crippen LogP contribution in [-0.4, -0.2) is 38.8 Å². The number of carbonyl (C=O) groups is 1. The second-order valence-corrected chi connectivity index (χ2v) is 8.61. The normalized spacial score (nSPS) is 26.4. The van der Waals surface area contributed by atoms with Crippen LogP contribution in [-0.2, 0) is 19.4 Å². The van der Waals surface area contributed by atoms with Crippen molar-refractivity contribution >= 4 is 21.4 Å². The lowest BCUT2D eigenvalue weighted by Crippen LogP contribution is -2.74. The number of ether oxygens (including phenoxy) is 1. The maximum atomic E-state index is 12.6. The zero-order valence-electron chi connectivity index (χ0n) is 13.9. The molecule has 6 nitrogen and oxygen atoms in total. The Hall–Kier alpha value is -1.44. The summed E-state index contributed by atoms with van der Waals surface area (Å²) in [5, 5.41) is 2.73. The van der Waals surface area contributed by atoms with Crippen LogP contribution in [0, 0.1) is 5.41 Å². The number of amides is 1. The number of nitrogens with two attached hydrogens (primary N) is 1. The number of carbonyl (C=O) groups excluding carboxylic acids is 1. The molecular formula is C16H24N2O4S. The van der Waals surface area contributed by atoms with Gasteiger partial charge < -0.3 is 15.8 Å². The summed E-state index contributed by atoms with van der Waals surface area (Å²) in [5.74, 6) is -0.330. The molecule has 1 aromatic rings. The van der Waals surface area contributed by atoms with E-state index in [2.05, 4.69) is 5.32 Å². The van der Waals surface area contributed by atoms with Gasteiger partial charge in [0, 0.05) is 30.4 Å². The molecule has 0 radical (unpaired) electrons. The maximum absolute atomic E-state index is 12.6. The quantitative estimate of drug-likeness (QED) is 0.847. The third-order valence-electron chi connectivity index (χ3n) is 4.76. The van der Waals surface area contributed by atoms with E-state index < -0.39 is 20.8 Å². The molecule has 0 aromatic heterocycles. The molecule has 1 amide bonds. The molecule has 0 heterocycles. The minimum atomic E-state index is -3.33. The van der Waals surface area contributed by atoms with E-state index >= 15 is 0 Å². The van der Waals surface area contributed by atoms with Crippen molar-refractivity contribution in [1.82, 2.24) is 0 Å². The number of hydrogen-bond donors (Lipinski definition) is 2. The first-order valence-corrected chi connectivity index (χ1v) is 9.43. The van der Waals surface area contributed by atoms with Gasteiger partial charge in [0.15, 0.2) is 9.84 Å². The van der Waals surface area contributed by atoms with E-state index in [1.165, 1.54) is 12.1 Å². The van der Waals surface area contributed by atoms with E-state index in [-0.39, 0.29) is 16.9 Å². The van der Waals surface area contributed by atoms with Crippen LogP contribution < -0.4 is 11.1 Å². The van der Waals surface area contributed by atoms with Crippen LogP contribution in [0.4, 0.5) is 5.69 Å². The SMILES string of the molecule is CCOC1CC(N)(C(=O)Nc2cccc(S(C)(=O)=O)c2)C1(C)C. The van der Waals surface area contributed by atoms with Crippen molar-refractivity contribution in [3.63, 3.8) is 0 Å². The fourth-order valence-electron chi connectivity index (χ4n) is 2.87. The summed E-state index contributed by atoms with van der Waals surface area (Å²) in [5.41, 5.74) is 5.18. The second kappa shape index (κ2) is 5.89. The molecule has 2 atom stereocenters. The molecule has 0 bridgehead atoms. The molecule has 128 valence electrons. The van der Waals surface area contributed by atoms with Crippen molar-refractivity contribution in [1.29, 1.82) is 0 Å². The van der Waals surface area contributed by atoms with Crippen LogP contribution in [0.25, 0.3) is 0 Å². The Balaban J connectivity index is 2.17. The number of hydrogen-bond acceptors (Lipinski definition) is 5. The average Bonchev–Trinajstić information content (AvgIpc) is 2.46. The summed E-state index contributed by atoms with van der Waals surface area (Å²) in [4.78, 5) is 12.8. The van der Waals surface area contributed by atoms with Gasteiger partial charge in [0.25, 0.3) is 0 Å². The Morgan fingerprint density at radius 1 is 1.43 bits per heavy atom. The van der Waals surface area contributed by atoms with Crippen LogP contribution in [0.2, 0.25) is 0 Å². The van der Waals surface area contributed by atoms with Crippen molar-refractivity contribution in [2.75, 3.05) is 18.2 Å². The topological polar surface area (TPSA) is 98.5 Å². The molecular weight excluding hydrogens is 316 g/mol. The van der Waals surface area contributed by atoms with Crippen LogP contribution in [0.15, 0.2) is 29.2 Å². The van der Waals surface area contributed by atoms with Crippen LogP contribution >= 0.6 is 0 Å². The maximum Gasteiger partial charge on any atom is 0.245 e. The predicted molar refractivity (Wildman–Crippen MR) is 88.9 cm³/mol. The van der Waals surface area contributed by atoms with Gasteiger partial charge in [-0.2, -0.15) is 0 Å². The molecule has 0 spiro atoms. The molecule has 1 fully saturated rings. The average molecular weight is 340 g/mol. The first-order chi connectivity index (χ1) is 10.5. The molecule has 23 heavy (non-hydrogen) atoms. The van der Waals surface area contributed by atoms with Gasteiger partial charge >= 0.3 is 0 Å². The summed E-state index contributed by atoms with van der Waals surface area (Å²) in [6.07, 6.45) is 1.50. The number of anilines is 1. The Morgan fingerprint density at radius 3 is 2.61 bits per heavy atom. The smallest absolute Gasteiger partial charge is 0.245 e. The highest BCUT2D eigenvalue weighted by molar-refractivity contribution is 7.90. The first-order valence-electron chi connectivity index (χ1n) is 7.54. The predicted octanol–water partition coefficient (Wildman–Crippen LogP) is 1.56. The number of rotatable bonds is 5. The summed E-state index contributed by atoms with van der Waals surface area (Å²) in [6, 6.07) is 6.15. The lowest BCUT2D eigenvalue weighted by atomic mass is 9.54. The van der Waals surface area contributed by atoms with Gasteiger partial charge in [-0.15, -0.1) is 0 Å². The van der Waals surface area contributed by atoms with Crippen LogP contribution in [0.5, 0.6) is 0 Å². The molecule has 0 saturated heterocycles. The van der Waals surface area contributed by atoms with E-state index in [4.69, 9.17) is 10.5 Å². The second-order valence-electron chi connectivity index (χ2n) is 6.60. The van der Waals surface area contributed by atoms with Gasteiger partial charge in [-0.25, -0.2) is 8.42 Å². The number of benzene rings is 1. The Bertz CT molecular complexity index is 715. The van der Waals surface area contributed by atoms with Crippen molar-refractivity contribution < 1.29 is 17.9 Å². The highest BCUT2D eigenvalue weighted by Crippen LogP contribution is 2.50. The monoisotopic (exact) mass is 340 g/mol. The van der Waals surface area contributed by atoms with Crippen LogP contribution in [0.1, 0.15) is 27.2 Å². The van der Waals surface area contributed by atoms with E-state index in [1.807, 2.05) is 20.8 Å². The fourth-order valence-corrected chi connectivity index (χ4v) is 3.53. The summed E-state index contributed by atoms with van der Waals surface area (Å²) >= 11 is 0. The Kier molecular flexibility index (Phi) is 4.58. The number of sulfone groups is 1. The molecule has 2 unspecified atom stereocenters. The van der Waals surface area contributed by atoms with Crippen molar-refractivity contribution in [2.24, 2.45) is 11.1 Å². The van der Waals surface area contributed by atoms with Crippen molar-refractivity contribution in [2.45, 2.75) is 43.7 Å². The first kappa shape index (κ1) is 17.9. The largest absolute Gasteiger partial charge is 0.378 e. The van der Waals surface area contributed by atoms with Gasteiger partial charge in [-0.05, 0) is 25.1 Å². The van der Waals surface area contributed by atoms with E-state index in [1.54, 1.807) is 12.1 Å². The zero-order chi connectivity index (χ0) is 17.5.